The van der Waals surface area contributed by atoms with Crippen molar-refractivity contribution in [3.05, 3.63) is 35.2 Å². The van der Waals surface area contributed by atoms with E-state index >= 15 is 0 Å². The van der Waals surface area contributed by atoms with Gasteiger partial charge < -0.3 is 4.74 Å². The first kappa shape index (κ1) is 11.8. The molecule has 0 unspecified atom stereocenters. The van der Waals surface area contributed by atoms with E-state index < -0.39 is 0 Å². The molecule has 0 radical (unpaired) electrons. The first-order valence-electron chi connectivity index (χ1n) is 5.27. The number of rotatable bonds is 3. The lowest BCUT2D eigenvalue weighted by molar-refractivity contribution is 0.410. The van der Waals surface area contributed by atoms with Gasteiger partial charge in [-0.25, -0.2) is 4.98 Å². The lowest BCUT2D eigenvalue weighted by Crippen LogP contribution is -1.94. The predicted octanol–water partition coefficient (Wildman–Crippen LogP) is 2.76. The Balaban J connectivity index is 2.46. The van der Waals surface area contributed by atoms with Crippen LogP contribution < -0.4 is 4.74 Å². The molecule has 0 amide bonds. The summed E-state index contributed by atoms with van der Waals surface area (Å²) in [5, 5.41) is 7.55. The first-order valence-corrected chi connectivity index (χ1v) is 5.65. The molecule has 1 aromatic carbocycles. The van der Waals surface area contributed by atoms with Crippen molar-refractivity contribution >= 4 is 11.6 Å². The normalized spacial score (nSPS) is 10.3. The highest BCUT2D eigenvalue weighted by Crippen LogP contribution is 2.25. The van der Waals surface area contributed by atoms with Crippen molar-refractivity contribution in [2.75, 3.05) is 7.11 Å². The van der Waals surface area contributed by atoms with Gasteiger partial charge in [-0.05, 0) is 41.8 Å². The van der Waals surface area contributed by atoms with E-state index in [1.807, 2.05) is 18.2 Å². The Kier molecular flexibility index (Phi) is 3.54. The van der Waals surface area contributed by atoms with E-state index in [2.05, 4.69) is 22.1 Å². The molecule has 17 heavy (non-hydrogen) atoms. The first-order chi connectivity index (χ1) is 8.24. The molecule has 0 saturated heterocycles. The van der Waals surface area contributed by atoms with Crippen LogP contribution in [-0.4, -0.2) is 22.3 Å². The average Bonchev–Trinajstić information content (AvgIpc) is 2.38. The van der Waals surface area contributed by atoms with Crippen molar-refractivity contribution in [2.45, 2.75) is 13.3 Å². The van der Waals surface area contributed by atoms with E-state index in [9.17, 15) is 0 Å². The molecule has 0 saturated carbocycles. The summed E-state index contributed by atoms with van der Waals surface area (Å²) in [6, 6.07) is 5.88. The standard InChI is InChI=1S/C12H12ClN3O/c1-3-8-6-9(4-5-11(8)17-2)10-7-14-16-12(13)15-10/h4-7H,3H2,1-2H3. The molecule has 5 heteroatoms. The molecule has 2 aromatic rings. The monoisotopic (exact) mass is 249 g/mol. The third-order valence-electron chi connectivity index (χ3n) is 2.49. The highest BCUT2D eigenvalue weighted by molar-refractivity contribution is 6.28. The maximum absolute atomic E-state index is 5.72. The zero-order valence-corrected chi connectivity index (χ0v) is 10.4. The maximum atomic E-state index is 5.72. The number of hydrogen-bond donors (Lipinski definition) is 0. The predicted molar refractivity (Wildman–Crippen MR) is 66.2 cm³/mol. The molecular formula is C12H12ClN3O. The molecule has 2 rings (SSSR count). The zero-order chi connectivity index (χ0) is 12.3. The summed E-state index contributed by atoms with van der Waals surface area (Å²) < 4.78 is 5.28. The van der Waals surface area contributed by atoms with Crippen molar-refractivity contribution in [1.82, 2.24) is 15.2 Å². The number of ether oxygens (including phenoxy) is 1. The van der Waals surface area contributed by atoms with Crippen LogP contribution in [0.1, 0.15) is 12.5 Å². The van der Waals surface area contributed by atoms with Crippen LogP contribution >= 0.6 is 11.6 Å². The second kappa shape index (κ2) is 5.10. The van der Waals surface area contributed by atoms with Gasteiger partial charge in [-0.1, -0.05) is 6.92 Å². The molecule has 0 aliphatic carbocycles. The van der Waals surface area contributed by atoms with Gasteiger partial charge in [-0.15, -0.1) is 5.10 Å². The van der Waals surface area contributed by atoms with Crippen LogP contribution in [-0.2, 0) is 6.42 Å². The van der Waals surface area contributed by atoms with Crippen molar-refractivity contribution in [1.29, 1.82) is 0 Å². The molecular weight excluding hydrogens is 238 g/mol. The maximum Gasteiger partial charge on any atom is 0.243 e. The van der Waals surface area contributed by atoms with Gasteiger partial charge in [0.25, 0.3) is 0 Å². The Morgan fingerprint density at radius 2 is 2.18 bits per heavy atom. The van der Waals surface area contributed by atoms with E-state index in [0.717, 1.165) is 23.3 Å². The minimum Gasteiger partial charge on any atom is -0.496 e. The molecule has 88 valence electrons. The van der Waals surface area contributed by atoms with Crippen LogP contribution in [0.15, 0.2) is 24.4 Å². The Morgan fingerprint density at radius 1 is 1.35 bits per heavy atom. The fraction of sp³-hybridized carbons (Fsp3) is 0.250. The third kappa shape index (κ3) is 2.53. The van der Waals surface area contributed by atoms with Gasteiger partial charge in [-0.3, -0.25) is 0 Å². The Hall–Kier alpha value is -1.68. The van der Waals surface area contributed by atoms with Crippen molar-refractivity contribution in [3.63, 3.8) is 0 Å². The number of benzene rings is 1. The second-order valence-corrected chi connectivity index (χ2v) is 3.83. The Labute approximate surface area is 105 Å². The van der Waals surface area contributed by atoms with E-state index in [-0.39, 0.29) is 5.28 Å². The van der Waals surface area contributed by atoms with Gasteiger partial charge in [0, 0.05) is 5.56 Å². The second-order valence-electron chi connectivity index (χ2n) is 3.49. The summed E-state index contributed by atoms with van der Waals surface area (Å²) in [6.07, 6.45) is 2.48. The van der Waals surface area contributed by atoms with Gasteiger partial charge in [0.15, 0.2) is 0 Å². The van der Waals surface area contributed by atoms with Gasteiger partial charge in [-0.2, -0.15) is 5.10 Å². The Morgan fingerprint density at radius 3 is 2.82 bits per heavy atom. The van der Waals surface area contributed by atoms with Crippen LogP contribution in [0.25, 0.3) is 11.3 Å². The fourth-order valence-corrected chi connectivity index (χ4v) is 1.77. The zero-order valence-electron chi connectivity index (χ0n) is 9.64. The third-order valence-corrected chi connectivity index (χ3v) is 2.65. The smallest absolute Gasteiger partial charge is 0.243 e. The number of halogens is 1. The van der Waals surface area contributed by atoms with Crippen molar-refractivity contribution in [2.24, 2.45) is 0 Å². The topological polar surface area (TPSA) is 47.9 Å². The van der Waals surface area contributed by atoms with Gasteiger partial charge in [0.05, 0.1) is 19.0 Å². The molecule has 4 nitrogen and oxygen atoms in total. The summed E-state index contributed by atoms with van der Waals surface area (Å²) in [4.78, 5) is 4.13. The summed E-state index contributed by atoms with van der Waals surface area (Å²) in [7, 11) is 1.66. The average molecular weight is 250 g/mol. The fourth-order valence-electron chi connectivity index (χ4n) is 1.64. The molecule has 0 aliphatic rings. The van der Waals surface area contributed by atoms with Crippen LogP contribution in [0.3, 0.4) is 0 Å². The number of methoxy groups -OCH3 is 1. The van der Waals surface area contributed by atoms with Crippen molar-refractivity contribution < 1.29 is 4.74 Å². The van der Waals surface area contributed by atoms with Crippen LogP contribution in [0, 0.1) is 0 Å². The highest BCUT2D eigenvalue weighted by Gasteiger charge is 2.06. The lowest BCUT2D eigenvalue weighted by Gasteiger charge is -2.08. The van der Waals surface area contributed by atoms with E-state index in [1.165, 1.54) is 0 Å². The minimum atomic E-state index is 0.149. The summed E-state index contributed by atoms with van der Waals surface area (Å²) in [6.45, 7) is 2.08. The SMILES string of the molecule is CCc1cc(-c2cnnc(Cl)n2)ccc1OC. The molecule has 0 spiro atoms. The summed E-state index contributed by atoms with van der Waals surface area (Å²) in [5.74, 6) is 0.879. The van der Waals surface area contributed by atoms with Gasteiger partial charge >= 0.3 is 0 Å². The number of hydrogen-bond acceptors (Lipinski definition) is 4. The molecule has 1 heterocycles. The van der Waals surface area contributed by atoms with E-state index in [1.54, 1.807) is 13.3 Å². The quantitative estimate of drug-likeness (QED) is 0.839. The van der Waals surface area contributed by atoms with E-state index in [0.29, 0.717) is 5.69 Å². The molecule has 0 aliphatic heterocycles. The molecule has 0 atom stereocenters. The number of nitrogens with zero attached hydrogens (tertiary/aromatic N) is 3. The van der Waals surface area contributed by atoms with Crippen molar-refractivity contribution in [3.8, 4) is 17.0 Å². The van der Waals surface area contributed by atoms with E-state index in [4.69, 9.17) is 16.3 Å². The molecule has 0 N–H and O–H groups in total. The molecule has 0 bridgehead atoms. The Bertz CT molecular complexity index is 531. The molecule has 1 aromatic heterocycles. The summed E-state index contributed by atoms with van der Waals surface area (Å²) in [5.41, 5.74) is 2.79. The lowest BCUT2D eigenvalue weighted by atomic mass is 10.1. The minimum absolute atomic E-state index is 0.149. The number of aromatic nitrogens is 3. The number of aryl methyl sites for hydroxylation is 1. The van der Waals surface area contributed by atoms with Crippen LogP contribution in [0.2, 0.25) is 5.28 Å². The van der Waals surface area contributed by atoms with Crippen LogP contribution in [0.4, 0.5) is 0 Å². The van der Waals surface area contributed by atoms with Gasteiger partial charge in [0.1, 0.15) is 5.75 Å². The summed E-state index contributed by atoms with van der Waals surface area (Å²) >= 11 is 5.72. The van der Waals surface area contributed by atoms with Crippen LogP contribution in [0.5, 0.6) is 5.75 Å². The van der Waals surface area contributed by atoms with Gasteiger partial charge in [0.2, 0.25) is 5.28 Å². The molecule has 0 fully saturated rings. The largest absolute Gasteiger partial charge is 0.496 e. The highest BCUT2D eigenvalue weighted by atomic mass is 35.5.